The topological polar surface area (TPSA) is 92.7 Å². The molecule has 0 amide bonds. The fourth-order valence-electron chi connectivity index (χ4n) is 1.36. The van der Waals surface area contributed by atoms with E-state index < -0.39 is 38.7 Å². The van der Waals surface area contributed by atoms with Gasteiger partial charge in [0.2, 0.25) is 0 Å². The van der Waals surface area contributed by atoms with E-state index >= 15 is 0 Å². The quantitative estimate of drug-likeness (QED) is 0.803. The van der Waals surface area contributed by atoms with Crippen molar-refractivity contribution in [2.45, 2.75) is 31.0 Å². The Morgan fingerprint density at radius 1 is 1.38 bits per heavy atom. The largest absolute Gasteiger partial charge is 0.479 e. The van der Waals surface area contributed by atoms with E-state index in [0.717, 1.165) is 26.0 Å². The van der Waals surface area contributed by atoms with Gasteiger partial charge in [-0.3, -0.25) is 4.84 Å². The molecule has 0 saturated carbocycles. The Morgan fingerprint density at radius 2 is 1.95 bits per heavy atom. The van der Waals surface area contributed by atoms with Gasteiger partial charge in [-0.2, -0.15) is 13.2 Å². The Kier molecular flexibility index (Phi) is 4.97. The second-order valence-corrected chi connectivity index (χ2v) is 5.80. The fraction of sp³-hybridized carbons (Fsp3) is 0.364. The number of carbonyl (C=O) groups is 1. The van der Waals surface area contributed by atoms with Crippen molar-refractivity contribution >= 4 is 16.0 Å². The number of alkyl halides is 3. The van der Waals surface area contributed by atoms with E-state index in [2.05, 4.69) is 4.84 Å². The molecule has 0 spiro atoms. The van der Waals surface area contributed by atoms with Gasteiger partial charge < -0.3 is 5.11 Å². The average Bonchev–Trinajstić information content (AvgIpc) is 2.34. The van der Waals surface area contributed by atoms with Crippen LogP contribution in [-0.4, -0.2) is 25.6 Å². The molecule has 0 aliphatic heterocycles. The van der Waals surface area contributed by atoms with Crippen molar-refractivity contribution in [3.63, 3.8) is 0 Å². The normalized spacial score (nSPS) is 14.0. The van der Waals surface area contributed by atoms with E-state index in [9.17, 15) is 26.4 Å². The zero-order valence-corrected chi connectivity index (χ0v) is 11.7. The first-order valence-electron chi connectivity index (χ1n) is 5.53. The maximum atomic E-state index is 12.6. The van der Waals surface area contributed by atoms with Gasteiger partial charge in [-0.15, -0.1) is 0 Å². The van der Waals surface area contributed by atoms with Crippen LogP contribution >= 0.6 is 0 Å². The molecule has 6 nitrogen and oxygen atoms in total. The Hall–Kier alpha value is -1.65. The maximum absolute atomic E-state index is 12.6. The standard InChI is InChI=1S/C11H12F3NO5S/c1-6-5-8(3-4-9(6)11(12,13)14)21(18,19)15-20-7(2)10(16)17/h3-5,7,15H,1-2H3,(H,16,17)/t7-/m0/s1. The third-order valence-corrected chi connectivity index (χ3v) is 3.69. The average molecular weight is 327 g/mol. The van der Waals surface area contributed by atoms with Crippen LogP contribution in [0.15, 0.2) is 23.1 Å². The first-order valence-corrected chi connectivity index (χ1v) is 7.01. The first-order chi connectivity index (χ1) is 9.45. The minimum Gasteiger partial charge on any atom is -0.479 e. The molecule has 0 fully saturated rings. The number of carboxylic acid groups (broad SMARTS) is 1. The number of nitrogens with one attached hydrogen (secondary N) is 1. The molecule has 0 unspecified atom stereocenters. The molecule has 0 saturated heterocycles. The predicted molar refractivity (Wildman–Crippen MR) is 64.7 cm³/mol. The van der Waals surface area contributed by atoms with Crippen LogP contribution in [0.1, 0.15) is 18.1 Å². The summed E-state index contributed by atoms with van der Waals surface area (Å²) in [7, 11) is -4.28. The molecule has 1 aromatic carbocycles. The van der Waals surface area contributed by atoms with E-state index in [0.29, 0.717) is 6.07 Å². The lowest BCUT2D eigenvalue weighted by molar-refractivity contribution is -0.151. The zero-order chi connectivity index (χ0) is 16.4. The second-order valence-electron chi connectivity index (χ2n) is 4.16. The molecule has 2 N–H and O–H groups in total. The molecule has 0 aliphatic carbocycles. The molecule has 1 aromatic rings. The van der Waals surface area contributed by atoms with Gasteiger partial charge in [0.1, 0.15) is 0 Å². The van der Waals surface area contributed by atoms with Crippen LogP contribution in [0, 0.1) is 6.92 Å². The summed E-state index contributed by atoms with van der Waals surface area (Å²) in [6, 6.07) is 2.21. The fourth-order valence-corrected chi connectivity index (χ4v) is 2.30. The highest BCUT2D eigenvalue weighted by Gasteiger charge is 2.33. The molecular formula is C11H12F3NO5S. The zero-order valence-electron chi connectivity index (χ0n) is 10.9. The van der Waals surface area contributed by atoms with Gasteiger partial charge >= 0.3 is 12.1 Å². The summed E-state index contributed by atoms with van der Waals surface area (Å²) < 4.78 is 61.2. The summed E-state index contributed by atoms with van der Waals surface area (Å²) in [5.74, 6) is -1.40. The molecule has 0 aromatic heterocycles. The van der Waals surface area contributed by atoms with Crippen molar-refractivity contribution in [2.24, 2.45) is 0 Å². The molecule has 10 heteroatoms. The van der Waals surface area contributed by atoms with Crippen LogP contribution in [0.2, 0.25) is 0 Å². The van der Waals surface area contributed by atoms with Crippen molar-refractivity contribution in [1.82, 2.24) is 4.89 Å². The van der Waals surface area contributed by atoms with Gasteiger partial charge in [0.25, 0.3) is 10.0 Å². The number of sulfonamides is 1. The third-order valence-electron chi connectivity index (χ3n) is 2.50. The summed E-state index contributed by atoms with van der Waals surface area (Å²) in [5, 5.41) is 8.53. The van der Waals surface area contributed by atoms with Crippen molar-refractivity contribution in [3.05, 3.63) is 29.3 Å². The first kappa shape index (κ1) is 17.4. The third kappa shape index (κ3) is 4.41. The van der Waals surface area contributed by atoms with Crippen LogP contribution in [0.5, 0.6) is 0 Å². The number of aryl methyl sites for hydroxylation is 1. The molecule has 118 valence electrons. The van der Waals surface area contributed by atoms with E-state index in [-0.39, 0.29) is 5.56 Å². The van der Waals surface area contributed by atoms with Crippen LogP contribution in [0.4, 0.5) is 13.2 Å². The number of benzene rings is 1. The lowest BCUT2D eigenvalue weighted by Gasteiger charge is -2.13. The van der Waals surface area contributed by atoms with Gasteiger partial charge in [-0.1, -0.05) is 4.89 Å². The van der Waals surface area contributed by atoms with Gasteiger partial charge in [0, 0.05) is 0 Å². The number of rotatable bonds is 5. The highest BCUT2D eigenvalue weighted by Crippen LogP contribution is 2.32. The molecule has 0 radical (unpaired) electrons. The molecular weight excluding hydrogens is 315 g/mol. The molecule has 0 bridgehead atoms. The summed E-state index contributed by atoms with van der Waals surface area (Å²) >= 11 is 0. The van der Waals surface area contributed by atoms with Crippen LogP contribution in [0.25, 0.3) is 0 Å². The Bertz CT molecular complexity index is 642. The summed E-state index contributed by atoms with van der Waals surface area (Å²) in [4.78, 5) is 16.0. The minimum atomic E-state index is -4.59. The molecule has 0 aliphatic rings. The summed E-state index contributed by atoms with van der Waals surface area (Å²) in [6.45, 7) is 2.20. The van der Waals surface area contributed by atoms with E-state index in [4.69, 9.17) is 5.11 Å². The minimum absolute atomic E-state index is 0.281. The number of carboxylic acids is 1. The molecule has 0 heterocycles. The lowest BCUT2D eigenvalue weighted by atomic mass is 10.1. The van der Waals surface area contributed by atoms with Crippen molar-refractivity contribution < 1.29 is 36.3 Å². The molecule has 1 rings (SSSR count). The SMILES string of the molecule is Cc1cc(S(=O)(=O)NO[C@@H](C)C(=O)O)ccc1C(F)(F)F. The Labute approximate surface area is 118 Å². The molecule has 21 heavy (non-hydrogen) atoms. The van der Waals surface area contributed by atoms with Crippen LogP contribution < -0.4 is 4.89 Å². The monoisotopic (exact) mass is 327 g/mol. The number of aliphatic carboxylic acids is 1. The highest BCUT2D eigenvalue weighted by molar-refractivity contribution is 7.89. The number of hydrogen-bond acceptors (Lipinski definition) is 4. The summed E-state index contributed by atoms with van der Waals surface area (Å²) in [6.07, 6.45) is -6.04. The molecule has 1 atom stereocenters. The van der Waals surface area contributed by atoms with Crippen molar-refractivity contribution in [3.8, 4) is 0 Å². The van der Waals surface area contributed by atoms with Gasteiger partial charge in [0.05, 0.1) is 10.5 Å². The van der Waals surface area contributed by atoms with Crippen LogP contribution in [-0.2, 0) is 25.8 Å². The van der Waals surface area contributed by atoms with Crippen molar-refractivity contribution in [1.29, 1.82) is 0 Å². The van der Waals surface area contributed by atoms with Gasteiger partial charge in [-0.25, -0.2) is 13.2 Å². The number of hydrogen-bond donors (Lipinski definition) is 2. The Balaban J connectivity index is 3.00. The van der Waals surface area contributed by atoms with E-state index in [1.54, 1.807) is 4.89 Å². The Morgan fingerprint density at radius 3 is 2.38 bits per heavy atom. The van der Waals surface area contributed by atoms with Gasteiger partial charge in [0.15, 0.2) is 6.10 Å². The smallest absolute Gasteiger partial charge is 0.416 e. The predicted octanol–water partition coefficient (Wildman–Crippen LogP) is 1.70. The maximum Gasteiger partial charge on any atom is 0.416 e. The van der Waals surface area contributed by atoms with E-state index in [1.165, 1.54) is 0 Å². The highest BCUT2D eigenvalue weighted by atomic mass is 32.2. The van der Waals surface area contributed by atoms with Crippen LogP contribution in [0.3, 0.4) is 0 Å². The number of halogens is 3. The van der Waals surface area contributed by atoms with Crippen molar-refractivity contribution in [2.75, 3.05) is 0 Å². The lowest BCUT2D eigenvalue weighted by Crippen LogP contribution is -2.32. The second kappa shape index (κ2) is 6.00. The van der Waals surface area contributed by atoms with E-state index in [1.807, 2.05) is 0 Å². The van der Waals surface area contributed by atoms with Gasteiger partial charge in [-0.05, 0) is 37.6 Å². The summed E-state index contributed by atoms with van der Waals surface area (Å²) in [5.41, 5.74) is -1.24.